The van der Waals surface area contributed by atoms with E-state index in [-0.39, 0.29) is 11.8 Å². The Morgan fingerprint density at radius 1 is 0.719 bits per heavy atom. The molecule has 0 aromatic heterocycles. The maximum atomic E-state index is 12.0. The highest BCUT2D eigenvalue weighted by atomic mass is 79.9. The second kappa shape index (κ2) is 14.0. The van der Waals surface area contributed by atoms with E-state index in [0.717, 1.165) is 57.2 Å². The first-order valence-electron chi connectivity index (χ1n) is 10.5. The minimum absolute atomic E-state index is 0.102. The average Bonchev–Trinajstić information content (AvgIpc) is 2.78. The van der Waals surface area contributed by atoms with Gasteiger partial charge in [-0.15, -0.1) is 0 Å². The van der Waals surface area contributed by atoms with E-state index in [0.29, 0.717) is 12.8 Å². The van der Waals surface area contributed by atoms with Gasteiger partial charge in [0.25, 0.3) is 0 Å². The maximum absolute atomic E-state index is 12.0. The molecule has 0 aliphatic rings. The van der Waals surface area contributed by atoms with Crippen LogP contribution in [0.1, 0.15) is 63.5 Å². The van der Waals surface area contributed by atoms with Gasteiger partial charge >= 0.3 is 0 Å². The van der Waals surface area contributed by atoms with Crippen molar-refractivity contribution in [3.8, 4) is 0 Å². The molecule has 2 amide bonds. The van der Waals surface area contributed by atoms with Gasteiger partial charge < -0.3 is 0 Å². The molecule has 8 heteroatoms. The molecule has 0 saturated heterocycles. The van der Waals surface area contributed by atoms with Gasteiger partial charge in [-0.05, 0) is 62.1 Å². The van der Waals surface area contributed by atoms with Gasteiger partial charge in [0.15, 0.2) is 0 Å². The summed E-state index contributed by atoms with van der Waals surface area (Å²) in [5.41, 5.74) is 8.62. The topological polar surface area (TPSA) is 82.9 Å². The van der Waals surface area contributed by atoms with Gasteiger partial charge in [0.1, 0.15) is 0 Å². The van der Waals surface area contributed by atoms with E-state index < -0.39 is 0 Å². The summed E-state index contributed by atoms with van der Waals surface area (Å²) in [5, 5.41) is 8.33. The normalized spacial score (nSPS) is 11.9. The lowest BCUT2D eigenvalue weighted by atomic mass is 10.1. The van der Waals surface area contributed by atoms with Gasteiger partial charge in [0.05, 0.1) is 11.4 Å². The zero-order chi connectivity index (χ0) is 23.3. The second-order valence-electron chi connectivity index (χ2n) is 7.40. The summed E-state index contributed by atoms with van der Waals surface area (Å²) in [6.07, 6.45) is 4.12. The quantitative estimate of drug-likeness (QED) is 0.202. The smallest absolute Gasteiger partial charge is 0.240 e. The third-order valence-corrected chi connectivity index (χ3v) is 5.73. The molecule has 0 aliphatic carbocycles. The third kappa shape index (κ3) is 9.87. The van der Waals surface area contributed by atoms with E-state index in [1.54, 1.807) is 0 Å². The zero-order valence-corrected chi connectivity index (χ0v) is 21.5. The molecule has 0 aliphatic heterocycles. The maximum Gasteiger partial charge on any atom is 0.240 e. The first-order chi connectivity index (χ1) is 15.3. The van der Waals surface area contributed by atoms with Crippen molar-refractivity contribution >= 4 is 55.1 Å². The van der Waals surface area contributed by atoms with Crippen molar-refractivity contribution in [2.75, 3.05) is 0 Å². The fraction of sp³-hybridized carbons (Fsp3) is 0.333. The Bertz CT molecular complexity index is 910. The first-order valence-corrected chi connectivity index (χ1v) is 12.1. The van der Waals surface area contributed by atoms with Crippen LogP contribution >= 0.6 is 31.9 Å². The number of carbonyl (C=O) groups is 2. The minimum Gasteiger partial charge on any atom is -0.273 e. The minimum atomic E-state index is -0.102. The molecular weight excluding hydrogens is 536 g/mol. The van der Waals surface area contributed by atoms with Gasteiger partial charge in [-0.2, -0.15) is 10.2 Å². The van der Waals surface area contributed by atoms with Crippen LogP contribution in [0.4, 0.5) is 0 Å². The number of amides is 2. The number of nitrogens with one attached hydrogen (secondary N) is 2. The number of carbonyl (C=O) groups excluding carboxylic acids is 2. The van der Waals surface area contributed by atoms with Crippen LogP contribution < -0.4 is 10.9 Å². The third-order valence-electron chi connectivity index (χ3n) is 4.74. The second-order valence-corrected chi connectivity index (χ2v) is 9.23. The van der Waals surface area contributed by atoms with Gasteiger partial charge in [-0.1, -0.05) is 69.0 Å². The summed E-state index contributed by atoms with van der Waals surface area (Å²) in [5.74, 6) is -0.205. The van der Waals surface area contributed by atoms with Crippen LogP contribution in [0.2, 0.25) is 0 Å². The number of unbranched alkanes of at least 4 members (excludes halogenated alkanes) is 3. The molecule has 2 aromatic rings. The fourth-order valence-electron chi connectivity index (χ4n) is 2.89. The van der Waals surface area contributed by atoms with E-state index in [1.165, 1.54) is 0 Å². The summed E-state index contributed by atoms with van der Waals surface area (Å²) < 4.78 is 1.94. The van der Waals surface area contributed by atoms with Crippen LogP contribution in [0.3, 0.4) is 0 Å². The Balaban J connectivity index is 1.58. The average molecular weight is 564 g/mol. The predicted molar refractivity (Wildman–Crippen MR) is 137 cm³/mol. The van der Waals surface area contributed by atoms with Crippen LogP contribution in [0.5, 0.6) is 0 Å². The lowest BCUT2D eigenvalue weighted by molar-refractivity contribution is -0.122. The summed E-state index contributed by atoms with van der Waals surface area (Å²) >= 11 is 6.85. The highest BCUT2D eigenvalue weighted by molar-refractivity contribution is 9.10. The number of halogens is 2. The largest absolute Gasteiger partial charge is 0.273 e. The summed E-state index contributed by atoms with van der Waals surface area (Å²) in [6, 6.07) is 15.5. The molecule has 6 nitrogen and oxygen atoms in total. The Kier molecular flexibility index (Phi) is 11.3. The van der Waals surface area contributed by atoms with Gasteiger partial charge in [-0.25, -0.2) is 10.9 Å². The Labute approximate surface area is 206 Å². The van der Waals surface area contributed by atoms with Crippen molar-refractivity contribution in [2.45, 2.75) is 52.4 Å². The van der Waals surface area contributed by atoms with E-state index in [4.69, 9.17) is 0 Å². The van der Waals surface area contributed by atoms with Crippen molar-refractivity contribution in [3.05, 3.63) is 68.6 Å². The molecule has 0 atom stereocenters. The molecule has 0 heterocycles. The highest BCUT2D eigenvalue weighted by Crippen LogP contribution is 2.13. The van der Waals surface area contributed by atoms with Gasteiger partial charge in [-0.3, -0.25) is 9.59 Å². The predicted octanol–water partition coefficient (Wildman–Crippen LogP) is 5.93. The lowest BCUT2D eigenvalue weighted by Crippen LogP contribution is -2.19. The summed E-state index contributed by atoms with van der Waals surface area (Å²) in [7, 11) is 0. The van der Waals surface area contributed by atoms with Crippen LogP contribution in [0.25, 0.3) is 0 Å². The number of rotatable bonds is 11. The molecule has 32 heavy (non-hydrogen) atoms. The van der Waals surface area contributed by atoms with Crippen molar-refractivity contribution in [3.63, 3.8) is 0 Å². The monoisotopic (exact) mass is 562 g/mol. The first kappa shape index (κ1) is 25.9. The number of benzene rings is 2. The van der Waals surface area contributed by atoms with E-state index >= 15 is 0 Å². The molecular formula is C24H28Br2N4O2. The standard InChI is InChI=1S/C24H28Br2N4O2/c1-17(19-9-7-11-21(25)15-19)27-29-23(31)13-5-3-4-6-14-24(32)30-28-18(2)20-10-8-12-22(26)16-20/h7-12,15-16H,3-6,13-14H2,1-2H3,(H,29,31)(H,30,32). The molecule has 2 aromatic carbocycles. The van der Waals surface area contributed by atoms with Crippen molar-refractivity contribution in [2.24, 2.45) is 10.2 Å². The van der Waals surface area contributed by atoms with Crippen molar-refractivity contribution in [1.82, 2.24) is 10.9 Å². The highest BCUT2D eigenvalue weighted by Gasteiger charge is 2.04. The molecule has 2 N–H and O–H groups in total. The Morgan fingerprint density at radius 2 is 1.12 bits per heavy atom. The van der Waals surface area contributed by atoms with Crippen LogP contribution in [-0.4, -0.2) is 23.2 Å². The van der Waals surface area contributed by atoms with Crippen molar-refractivity contribution in [1.29, 1.82) is 0 Å². The number of hydrogen-bond acceptors (Lipinski definition) is 4. The van der Waals surface area contributed by atoms with Crippen LogP contribution in [-0.2, 0) is 9.59 Å². The molecule has 0 bridgehead atoms. The van der Waals surface area contributed by atoms with Crippen molar-refractivity contribution < 1.29 is 9.59 Å². The summed E-state index contributed by atoms with van der Waals surface area (Å²) in [4.78, 5) is 23.9. The van der Waals surface area contributed by atoms with Crippen LogP contribution in [0, 0.1) is 0 Å². The van der Waals surface area contributed by atoms with E-state index in [2.05, 4.69) is 52.9 Å². The molecule has 0 fully saturated rings. The molecule has 0 spiro atoms. The Morgan fingerprint density at radius 3 is 1.50 bits per heavy atom. The number of nitrogens with zero attached hydrogens (tertiary/aromatic N) is 2. The van der Waals surface area contributed by atoms with E-state index in [9.17, 15) is 9.59 Å². The lowest BCUT2D eigenvalue weighted by Gasteiger charge is -2.05. The van der Waals surface area contributed by atoms with Crippen LogP contribution in [0.15, 0.2) is 67.7 Å². The number of hydrogen-bond donors (Lipinski definition) is 2. The molecule has 0 radical (unpaired) electrons. The fourth-order valence-corrected chi connectivity index (χ4v) is 3.68. The summed E-state index contributed by atoms with van der Waals surface area (Å²) in [6.45, 7) is 3.72. The Hall–Kier alpha value is -2.32. The molecule has 170 valence electrons. The zero-order valence-electron chi connectivity index (χ0n) is 18.3. The van der Waals surface area contributed by atoms with E-state index in [1.807, 2.05) is 62.4 Å². The van der Waals surface area contributed by atoms with Gasteiger partial charge in [0.2, 0.25) is 11.8 Å². The molecule has 2 rings (SSSR count). The molecule has 0 unspecified atom stereocenters. The molecule has 0 saturated carbocycles. The number of hydrazone groups is 2. The SMILES string of the molecule is CC(=NNC(=O)CCCCCCC(=O)NN=C(C)c1cccc(Br)c1)c1cccc(Br)c1. The van der Waals surface area contributed by atoms with Gasteiger partial charge in [0, 0.05) is 21.8 Å².